The summed E-state index contributed by atoms with van der Waals surface area (Å²) in [5, 5.41) is 1.98. The molecule has 21 heavy (non-hydrogen) atoms. The van der Waals surface area contributed by atoms with Gasteiger partial charge in [0.15, 0.2) is 9.84 Å². The number of carbonyl (C=O) groups is 1. The van der Waals surface area contributed by atoms with Gasteiger partial charge in [0, 0.05) is 4.88 Å². The fraction of sp³-hybridized carbons (Fsp3) is 0.385. The molecule has 0 aromatic carbocycles. The summed E-state index contributed by atoms with van der Waals surface area (Å²) in [6.07, 6.45) is 2.32. The maximum Gasteiger partial charge on any atom is 0.266 e. The third kappa shape index (κ3) is 2.94. The van der Waals surface area contributed by atoms with Gasteiger partial charge >= 0.3 is 0 Å². The molecule has 2 fully saturated rings. The second-order valence-corrected chi connectivity index (χ2v) is 9.93. The molecule has 1 aromatic rings. The van der Waals surface area contributed by atoms with Crippen molar-refractivity contribution in [3.05, 3.63) is 26.8 Å². The first-order valence-corrected chi connectivity index (χ1v) is 10.3. The molecule has 1 aromatic heterocycles. The van der Waals surface area contributed by atoms with Crippen LogP contribution >= 0.6 is 35.3 Å². The molecule has 2 saturated heterocycles. The third-order valence-corrected chi connectivity index (χ3v) is 7.61. The lowest BCUT2D eigenvalue weighted by molar-refractivity contribution is -0.123. The zero-order valence-electron chi connectivity index (χ0n) is 11.2. The lowest BCUT2D eigenvalue weighted by atomic mass is 10.2. The number of hydrogen-bond acceptors (Lipinski definition) is 6. The van der Waals surface area contributed by atoms with Crippen molar-refractivity contribution in [3.8, 4) is 0 Å². The predicted octanol–water partition coefficient (Wildman–Crippen LogP) is 2.44. The van der Waals surface area contributed by atoms with Crippen LogP contribution in [0, 0.1) is 6.92 Å². The summed E-state index contributed by atoms with van der Waals surface area (Å²) in [6, 6.07) is 1.69. The third-order valence-electron chi connectivity index (χ3n) is 3.56. The van der Waals surface area contributed by atoms with Crippen molar-refractivity contribution in [1.82, 2.24) is 4.90 Å². The lowest BCUT2D eigenvalue weighted by Gasteiger charge is -2.20. The first-order chi connectivity index (χ1) is 9.87. The SMILES string of the molecule is Cc1ccsc1/C=C1\SC(=S)N(C2CCS(=O)(=O)C2)C1=O. The molecular weight excluding hydrogens is 346 g/mol. The van der Waals surface area contributed by atoms with Crippen LogP contribution in [0.5, 0.6) is 0 Å². The van der Waals surface area contributed by atoms with Crippen LogP contribution in [0.15, 0.2) is 16.4 Å². The fourth-order valence-corrected chi connectivity index (χ4v) is 6.44. The molecule has 0 bridgehead atoms. The lowest BCUT2D eigenvalue weighted by Crippen LogP contribution is -2.39. The van der Waals surface area contributed by atoms with Gasteiger partial charge in [-0.05, 0) is 36.4 Å². The number of hydrogen-bond donors (Lipinski definition) is 0. The topological polar surface area (TPSA) is 54.5 Å². The van der Waals surface area contributed by atoms with Gasteiger partial charge in [0.05, 0.1) is 22.5 Å². The number of carbonyl (C=O) groups excluding carboxylic acids is 1. The van der Waals surface area contributed by atoms with Crippen molar-refractivity contribution in [3.63, 3.8) is 0 Å². The molecule has 0 spiro atoms. The van der Waals surface area contributed by atoms with E-state index in [0.29, 0.717) is 15.6 Å². The van der Waals surface area contributed by atoms with E-state index in [9.17, 15) is 13.2 Å². The minimum atomic E-state index is -3.03. The molecule has 0 radical (unpaired) electrons. The van der Waals surface area contributed by atoms with Gasteiger partial charge in [0.1, 0.15) is 4.32 Å². The van der Waals surface area contributed by atoms with Gasteiger partial charge in [0.25, 0.3) is 5.91 Å². The van der Waals surface area contributed by atoms with Crippen LogP contribution in [0.2, 0.25) is 0 Å². The number of thiocarbonyl (C=S) groups is 1. The van der Waals surface area contributed by atoms with Crippen LogP contribution in [-0.4, -0.2) is 41.1 Å². The van der Waals surface area contributed by atoms with Crippen molar-refractivity contribution in [2.75, 3.05) is 11.5 Å². The van der Waals surface area contributed by atoms with Gasteiger partial charge in [0.2, 0.25) is 0 Å². The minimum Gasteiger partial charge on any atom is -0.289 e. The van der Waals surface area contributed by atoms with Gasteiger partial charge in [-0.25, -0.2) is 8.42 Å². The fourth-order valence-electron chi connectivity index (χ4n) is 2.43. The van der Waals surface area contributed by atoms with E-state index in [4.69, 9.17) is 12.2 Å². The Hall–Kier alpha value is -0.700. The van der Waals surface area contributed by atoms with E-state index in [1.54, 1.807) is 11.3 Å². The second-order valence-electron chi connectivity index (χ2n) is 5.08. The molecule has 4 nitrogen and oxygen atoms in total. The van der Waals surface area contributed by atoms with Crippen molar-refractivity contribution < 1.29 is 13.2 Å². The Morgan fingerprint density at radius 1 is 1.48 bits per heavy atom. The van der Waals surface area contributed by atoms with Crippen molar-refractivity contribution in [2.45, 2.75) is 19.4 Å². The van der Waals surface area contributed by atoms with E-state index < -0.39 is 9.84 Å². The molecule has 3 rings (SSSR count). The van der Waals surface area contributed by atoms with Crippen LogP contribution in [0.1, 0.15) is 16.9 Å². The Morgan fingerprint density at radius 2 is 2.24 bits per heavy atom. The van der Waals surface area contributed by atoms with Crippen molar-refractivity contribution in [1.29, 1.82) is 0 Å². The van der Waals surface area contributed by atoms with Crippen LogP contribution in [0.3, 0.4) is 0 Å². The molecular formula is C13H13NO3S4. The molecule has 2 aliphatic heterocycles. The Balaban J connectivity index is 1.86. The second kappa shape index (κ2) is 5.49. The Bertz CT molecular complexity index is 747. The highest BCUT2D eigenvalue weighted by molar-refractivity contribution is 8.26. The number of aryl methyl sites for hydroxylation is 1. The summed E-state index contributed by atoms with van der Waals surface area (Å²) < 4.78 is 23.6. The van der Waals surface area contributed by atoms with Gasteiger partial charge in [-0.2, -0.15) is 0 Å². The molecule has 0 N–H and O–H groups in total. The molecule has 0 aliphatic carbocycles. The standard InChI is InChI=1S/C13H13NO3S4/c1-8-2-4-19-10(8)6-11-12(15)14(13(18)20-11)9-3-5-21(16,17)7-9/h2,4,6,9H,3,5,7H2,1H3/b11-6-. The summed E-state index contributed by atoms with van der Waals surface area (Å²) in [4.78, 5) is 15.6. The molecule has 1 atom stereocenters. The highest BCUT2D eigenvalue weighted by Gasteiger charge is 2.42. The van der Waals surface area contributed by atoms with Crippen LogP contribution in [-0.2, 0) is 14.6 Å². The molecule has 3 heterocycles. The number of thioether (sulfide) groups is 1. The summed E-state index contributed by atoms with van der Waals surface area (Å²) >= 11 is 8.10. The van der Waals surface area contributed by atoms with Gasteiger partial charge in [-0.15, -0.1) is 11.3 Å². The zero-order valence-corrected chi connectivity index (χ0v) is 14.5. The first kappa shape index (κ1) is 15.2. The normalized spacial score (nSPS) is 27.0. The number of thiophene rings is 1. The molecule has 8 heteroatoms. The highest BCUT2D eigenvalue weighted by atomic mass is 32.2. The number of nitrogens with zero attached hydrogens (tertiary/aromatic N) is 1. The largest absolute Gasteiger partial charge is 0.289 e. The van der Waals surface area contributed by atoms with Crippen LogP contribution < -0.4 is 0 Å². The van der Waals surface area contributed by atoms with E-state index in [-0.39, 0.29) is 23.5 Å². The van der Waals surface area contributed by atoms with Gasteiger partial charge in [-0.1, -0.05) is 24.0 Å². The van der Waals surface area contributed by atoms with E-state index in [0.717, 1.165) is 10.4 Å². The number of rotatable bonds is 2. The molecule has 1 amide bonds. The molecule has 112 valence electrons. The van der Waals surface area contributed by atoms with E-state index in [2.05, 4.69) is 0 Å². The Morgan fingerprint density at radius 3 is 2.81 bits per heavy atom. The maximum atomic E-state index is 12.5. The van der Waals surface area contributed by atoms with Gasteiger partial charge < -0.3 is 0 Å². The molecule has 0 saturated carbocycles. The van der Waals surface area contributed by atoms with E-state index >= 15 is 0 Å². The predicted molar refractivity (Wildman–Crippen MR) is 91.1 cm³/mol. The first-order valence-electron chi connectivity index (χ1n) is 6.39. The summed E-state index contributed by atoms with van der Waals surface area (Å²) in [6.45, 7) is 1.99. The smallest absolute Gasteiger partial charge is 0.266 e. The molecule has 1 unspecified atom stereocenters. The van der Waals surface area contributed by atoms with Crippen molar-refractivity contribution >= 4 is 61.5 Å². The quantitative estimate of drug-likeness (QED) is 0.600. The number of amides is 1. The maximum absolute atomic E-state index is 12.5. The summed E-state index contributed by atoms with van der Waals surface area (Å²) in [5.74, 6) is -0.0114. The van der Waals surface area contributed by atoms with Crippen LogP contribution in [0.4, 0.5) is 0 Å². The van der Waals surface area contributed by atoms with Crippen LogP contribution in [0.25, 0.3) is 6.08 Å². The average molecular weight is 360 g/mol. The van der Waals surface area contributed by atoms with E-state index in [1.165, 1.54) is 16.7 Å². The number of sulfone groups is 1. The summed E-state index contributed by atoms with van der Waals surface area (Å²) in [5.41, 5.74) is 1.12. The summed E-state index contributed by atoms with van der Waals surface area (Å²) in [7, 11) is -3.03. The molecule has 2 aliphatic rings. The Kier molecular flexibility index (Phi) is 3.98. The highest BCUT2D eigenvalue weighted by Crippen LogP contribution is 2.37. The average Bonchev–Trinajstić information content (AvgIpc) is 3.02. The van der Waals surface area contributed by atoms with E-state index in [1.807, 2.05) is 24.4 Å². The Labute approximate surface area is 137 Å². The monoisotopic (exact) mass is 359 g/mol. The minimum absolute atomic E-state index is 0.0186. The van der Waals surface area contributed by atoms with Gasteiger partial charge in [-0.3, -0.25) is 9.69 Å². The zero-order chi connectivity index (χ0) is 15.2. The van der Waals surface area contributed by atoms with Crippen molar-refractivity contribution in [2.24, 2.45) is 0 Å².